The van der Waals surface area contributed by atoms with Gasteiger partial charge in [0.15, 0.2) is 0 Å². The van der Waals surface area contributed by atoms with Crippen molar-refractivity contribution in [2.45, 2.75) is 20.3 Å². The van der Waals surface area contributed by atoms with Gasteiger partial charge in [-0.25, -0.2) is 5.84 Å². The number of aromatic amines is 1. The summed E-state index contributed by atoms with van der Waals surface area (Å²) in [5.41, 5.74) is 4.54. The van der Waals surface area contributed by atoms with E-state index < -0.39 is 0 Å². The molecule has 0 aliphatic rings. The number of hydrogen-bond acceptors (Lipinski definition) is 4. The van der Waals surface area contributed by atoms with Gasteiger partial charge in [-0.1, -0.05) is 19.1 Å². The number of amides is 1. The number of nitrogens with one attached hydrogen (secondary N) is 2. The van der Waals surface area contributed by atoms with Gasteiger partial charge in [0.05, 0.1) is 12.2 Å². The van der Waals surface area contributed by atoms with Crippen molar-refractivity contribution in [1.82, 2.24) is 15.6 Å². The third kappa shape index (κ3) is 2.65. The monoisotopic (exact) mass is 274 g/mol. The molecule has 0 fully saturated rings. The second-order valence-corrected chi connectivity index (χ2v) is 4.39. The van der Waals surface area contributed by atoms with Crippen molar-refractivity contribution in [3.8, 4) is 17.0 Å². The number of carbonyl (C=O) groups is 1. The van der Waals surface area contributed by atoms with E-state index in [1.807, 2.05) is 31.2 Å². The first-order valence-electron chi connectivity index (χ1n) is 6.47. The van der Waals surface area contributed by atoms with Crippen LogP contribution in [0.2, 0.25) is 0 Å². The highest BCUT2D eigenvalue weighted by atomic mass is 16.5. The van der Waals surface area contributed by atoms with Crippen LogP contribution in [0.3, 0.4) is 0 Å². The zero-order valence-corrected chi connectivity index (χ0v) is 11.6. The number of H-pyrrole nitrogens is 1. The molecule has 6 nitrogen and oxygen atoms in total. The maximum Gasteiger partial charge on any atom is 0.269 e. The maximum atomic E-state index is 11.9. The van der Waals surface area contributed by atoms with Crippen LogP contribution in [0, 0.1) is 6.92 Å². The number of rotatable bonds is 5. The van der Waals surface area contributed by atoms with Crippen LogP contribution >= 0.6 is 0 Å². The van der Waals surface area contributed by atoms with Crippen LogP contribution in [0.25, 0.3) is 11.3 Å². The van der Waals surface area contributed by atoms with Gasteiger partial charge in [-0.2, -0.15) is 5.10 Å². The minimum Gasteiger partial charge on any atom is -0.493 e. The van der Waals surface area contributed by atoms with Crippen molar-refractivity contribution in [2.75, 3.05) is 6.61 Å². The van der Waals surface area contributed by atoms with E-state index >= 15 is 0 Å². The van der Waals surface area contributed by atoms with Gasteiger partial charge in [0.1, 0.15) is 11.4 Å². The molecule has 0 bridgehead atoms. The van der Waals surface area contributed by atoms with Crippen LogP contribution < -0.4 is 16.0 Å². The fourth-order valence-corrected chi connectivity index (χ4v) is 1.97. The van der Waals surface area contributed by atoms with Crippen LogP contribution in [0.15, 0.2) is 24.3 Å². The Bertz CT molecular complexity index is 607. The molecule has 0 atom stereocenters. The smallest absolute Gasteiger partial charge is 0.269 e. The number of carbonyl (C=O) groups excluding carboxylic acids is 1. The highest BCUT2D eigenvalue weighted by Gasteiger charge is 2.20. The minimum absolute atomic E-state index is 0.378. The molecular formula is C14H18N4O2. The van der Waals surface area contributed by atoms with Gasteiger partial charge in [0.25, 0.3) is 5.91 Å². The quantitative estimate of drug-likeness (QED) is 0.440. The Balaban J connectivity index is 2.49. The Hall–Kier alpha value is -2.34. The van der Waals surface area contributed by atoms with Gasteiger partial charge in [-0.15, -0.1) is 0 Å². The fraction of sp³-hybridized carbons (Fsp3) is 0.286. The predicted molar refractivity (Wildman–Crippen MR) is 76.2 cm³/mol. The van der Waals surface area contributed by atoms with E-state index in [1.54, 1.807) is 6.92 Å². The van der Waals surface area contributed by atoms with E-state index in [0.29, 0.717) is 29.3 Å². The molecule has 6 heteroatoms. The number of para-hydroxylation sites is 1. The molecule has 4 N–H and O–H groups in total. The Kier molecular flexibility index (Phi) is 4.37. The summed E-state index contributed by atoms with van der Waals surface area (Å²) in [7, 11) is 0. The van der Waals surface area contributed by atoms with Gasteiger partial charge in [0.2, 0.25) is 0 Å². The van der Waals surface area contributed by atoms with Crippen LogP contribution in [0.1, 0.15) is 29.4 Å². The van der Waals surface area contributed by atoms with Crippen molar-refractivity contribution >= 4 is 5.91 Å². The summed E-state index contributed by atoms with van der Waals surface area (Å²) in [6.07, 6.45) is 0.907. The number of hydrazine groups is 1. The van der Waals surface area contributed by atoms with Crippen LogP contribution in [0.4, 0.5) is 0 Å². The third-order valence-electron chi connectivity index (χ3n) is 2.91. The topological polar surface area (TPSA) is 93.0 Å². The normalized spacial score (nSPS) is 10.3. The molecule has 2 aromatic rings. The molecular weight excluding hydrogens is 256 g/mol. The first-order valence-corrected chi connectivity index (χ1v) is 6.47. The minimum atomic E-state index is -0.378. The molecule has 0 aliphatic heterocycles. The first kappa shape index (κ1) is 14.1. The second-order valence-electron chi connectivity index (χ2n) is 4.39. The SMILES string of the molecule is CCCOc1ccccc1-c1n[nH]c(C)c1C(=O)NN. The number of aryl methyl sites for hydroxylation is 1. The van der Waals surface area contributed by atoms with Crippen LogP contribution in [-0.2, 0) is 0 Å². The summed E-state index contributed by atoms with van der Waals surface area (Å²) in [4.78, 5) is 11.9. The number of nitrogens with two attached hydrogens (primary N) is 1. The summed E-state index contributed by atoms with van der Waals surface area (Å²) in [6, 6.07) is 7.49. The summed E-state index contributed by atoms with van der Waals surface area (Å²) in [5.74, 6) is 5.55. The zero-order chi connectivity index (χ0) is 14.5. The maximum absolute atomic E-state index is 11.9. The average Bonchev–Trinajstić information content (AvgIpc) is 2.86. The van der Waals surface area contributed by atoms with Gasteiger partial charge in [-0.05, 0) is 25.5 Å². The number of ether oxygens (including phenoxy) is 1. The molecule has 106 valence electrons. The van der Waals surface area contributed by atoms with E-state index in [2.05, 4.69) is 15.6 Å². The number of hydrogen-bond donors (Lipinski definition) is 3. The molecule has 0 saturated carbocycles. The predicted octanol–water partition coefficient (Wildman–Crippen LogP) is 1.78. The average molecular weight is 274 g/mol. The molecule has 0 spiro atoms. The Morgan fingerprint density at radius 2 is 2.20 bits per heavy atom. The lowest BCUT2D eigenvalue weighted by Crippen LogP contribution is -2.30. The molecule has 1 aromatic carbocycles. The number of aromatic nitrogens is 2. The van der Waals surface area contributed by atoms with Gasteiger partial charge >= 0.3 is 0 Å². The summed E-state index contributed by atoms with van der Waals surface area (Å²) in [5, 5.41) is 7.01. The Labute approximate surface area is 117 Å². The lowest BCUT2D eigenvalue weighted by molar-refractivity contribution is 0.0954. The molecule has 0 radical (unpaired) electrons. The highest BCUT2D eigenvalue weighted by molar-refractivity contribution is 6.01. The number of benzene rings is 1. The summed E-state index contributed by atoms with van der Waals surface area (Å²) >= 11 is 0. The number of nitrogen functional groups attached to an aromatic ring is 1. The van der Waals surface area contributed by atoms with Crippen molar-refractivity contribution in [3.63, 3.8) is 0 Å². The second kappa shape index (κ2) is 6.21. The number of nitrogens with zero attached hydrogens (tertiary/aromatic N) is 1. The van der Waals surface area contributed by atoms with E-state index in [1.165, 1.54) is 0 Å². The lowest BCUT2D eigenvalue weighted by Gasteiger charge is -2.10. The van der Waals surface area contributed by atoms with Crippen LogP contribution in [0.5, 0.6) is 5.75 Å². The standard InChI is InChI=1S/C14H18N4O2/c1-3-8-20-11-7-5-4-6-10(11)13-12(14(19)16-15)9(2)17-18-13/h4-7H,3,8,15H2,1-2H3,(H,16,19)(H,17,18). The van der Waals surface area contributed by atoms with Crippen LogP contribution in [-0.4, -0.2) is 22.7 Å². The van der Waals surface area contributed by atoms with E-state index in [4.69, 9.17) is 10.6 Å². The summed E-state index contributed by atoms with van der Waals surface area (Å²) in [6.45, 7) is 4.42. The summed E-state index contributed by atoms with van der Waals surface area (Å²) < 4.78 is 5.70. The van der Waals surface area contributed by atoms with Crippen molar-refractivity contribution in [3.05, 3.63) is 35.5 Å². The van der Waals surface area contributed by atoms with E-state index in [9.17, 15) is 4.79 Å². The highest BCUT2D eigenvalue weighted by Crippen LogP contribution is 2.31. The Morgan fingerprint density at radius 3 is 2.90 bits per heavy atom. The molecule has 2 rings (SSSR count). The first-order chi connectivity index (χ1) is 9.69. The zero-order valence-electron chi connectivity index (χ0n) is 11.6. The van der Waals surface area contributed by atoms with E-state index in [0.717, 1.165) is 12.0 Å². The molecule has 1 amide bonds. The Morgan fingerprint density at radius 1 is 1.45 bits per heavy atom. The van der Waals surface area contributed by atoms with Crippen molar-refractivity contribution < 1.29 is 9.53 Å². The molecule has 0 saturated heterocycles. The lowest BCUT2D eigenvalue weighted by atomic mass is 10.0. The van der Waals surface area contributed by atoms with Crippen molar-refractivity contribution in [1.29, 1.82) is 0 Å². The van der Waals surface area contributed by atoms with Gasteiger partial charge < -0.3 is 4.74 Å². The van der Waals surface area contributed by atoms with Crippen molar-refractivity contribution in [2.24, 2.45) is 5.84 Å². The molecule has 1 heterocycles. The van der Waals surface area contributed by atoms with Gasteiger partial charge in [0, 0.05) is 11.3 Å². The largest absolute Gasteiger partial charge is 0.493 e. The molecule has 20 heavy (non-hydrogen) atoms. The molecule has 0 aliphatic carbocycles. The third-order valence-corrected chi connectivity index (χ3v) is 2.91. The fourth-order valence-electron chi connectivity index (χ4n) is 1.97. The van der Waals surface area contributed by atoms with Gasteiger partial charge in [-0.3, -0.25) is 15.3 Å². The van der Waals surface area contributed by atoms with E-state index in [-0.39, 0.29) is 5.91 Å². The molecule has 1 aromatic heterocycles. The molecule has 0 unspecified atom stereocenters.